The summed E-state index contributed by atoms with van der Waals surface area (Å²) in [6, 6.07) is 10.3. The molecule has 0 radical (unpaired) electrons. The molecule has 0 fully saturated rings. The second-order valence-corrected chi connectivity index (χ2v) is 4.53. The Morgan fingerprint density at radius 1 is 1.15 bits per heavy atom. The molecule has 0 amide bonds. The lowest BCUT2D eigenvalue weighted by Gasteiger charge is -2.05. The quantitative estimate of drug-likeness (QED) is 0.381. The first-order valence-electron chi connectivity index (χ1n) is 6.90. The third kappa shape index (κ3) is 6.74. The van der Waals surface area contributed by atoms with E-state index in [1.807, 2.05) is 18.2 Å². The van der Waals surface area contributed by atoms with Crippen LogP contribution in [0, 0.1) is 0 Å². The minimum Gasteiger partial charge on any atom is -0.461 e. The van der Waals surface area contributed by atoms with Gasteiger partial charge in [-0.1, -0.05) is 61.7 Å². The SMILES string of the molecule is C=C/C=C(\C=C)COC(=O)CCCCc1ccccc1. The van der Waals surface area contributed by atoms with Gasteiger partial charge < -0.3 is 4.74 Å². The van der Waals surface area contributed by atoms with Gasteiger partial charge in [-0.25, -0.2) is 0 Å². The fourth-order valence-corrected chi connectivity index (χ4v) is 1.81. The molecular weight excluding hydrogens is 248 g/mol. The lowest BCUT2D eigenvalue weighted by atomic mass is 10.1. The molecule has 0 saturated heterocycles. The number of carbonyl (C=O) groups excluding carboxylic acids is 1. The lowest BCUT2D eigenvalue weighted by Crippen LogP contribution is -2.06. The summed E-state index contributed by atoms with van der Waals surface area (Å²) in [5, 5.41) is 0. The molecule has 1 rings (SSSR count). The van der Waals surface area contributed by atoms with Crippen molar-refractivity contribution in [1.29, 1.82) is 0 Å². The predicted molar refractivity (Wildman–Crippen MR) is 83.4 cm³/mol. The Morgan fingerprint density at radius 2 is 1.90 bits per heavy atom. The molecule has 0 saturated carbocycles. The molecule has 0 aliphatic heterocycles. The first-order chi connectivity index (χ1) is 9.76. The Bertz CT molecular complexity index is 458. The fraction of sp³-hybridized carbons (Fsp3) is 0.278. The van der Waals surface area contributed by atoms with E-state index >= 15 is 0 Å². The van der Waals surface area contributed by atoms with Crippen LogP contribution < -0.4 is 0 Å². The highest BCUT2D eigenvalue weighted by Crippen LogP contribution is 2.07. The second-order valence-electron chi connectivity index (χ2n) is 4.53. The zero-order chi connectivity index (χ0) is 14.6. The topological polar surface area (TPSA) is 26.3 Å². The highest BCUT2D eigenvalue weighted by atomic mass is 16.5. The van der Waals surface area contributed by atoms with Gasteiger partial charge in [-0.15, -0.1) is 0 Å². The maximum absolute atomic E-state index is 11.6. The third-order valence-corrected chi connectivity index (χ3v) is 2.93. The van der Waals surface area contributed by atoms with Gasteiger partial charge in [-0.05, 0) is 30.4 Å². The van der Waals surface area contributed by atoms with Gasteiger partial charge in [0, 0.05) is 6.42 Å². The summed E-state index contributed by atoms with van der Waals surface area (Å²) in [6.07, 6.45) is 8.43. The normalized spacial score (nSPS) is 10.9. The molecule has 0 unspecified atom stereocenters. The van der Waals surface area contributed by atoms with Crippen LogP contribution in [-0.4, -0.2) is 12.6 Å². The van der Waals surface area contributed by atoms with Crippen LogP contribution in [0.5, 0.6) is 0 Å². The van der Waals surface area contributed by atoms with Gasteiger partial charge in [0.2, 0.25) is 0 Å². The maximum Gasteiger partial charge on any atom is 0.306 e. The smallest absolute Gasteiger partial charge is 0.306 e. The highest BCUT2D eigenvalue weighted by Gasteiger charge is 2.03. The van der Waals surface area contributed by atoms with Crippen molar-refractivity contribution in [3.8, 4) is 0 Å². The van der Waals surface area contributed by atoms with E-state index in [-0.39, 0.29) is 12.6 Å². The number of ether oxygens (including phenoxy) is 1. The fourth-order valence-electron chi connectivity index (χ4n) is 1.81. The number of allylic oxidation sites excluding steroid dienone is 2. The number of aryl methyl sites for hydroxylation is 1. The van der Waals surface area contributed by atoms with Gasteiger partial charge in [0.1, 0.15) is 6.61 Å². The zero-order valence-corrected chi connectivity index (χ0v) is 11.9. The lowest BCUT2D eigenvalue weighted by molar-refractivity contribution is -0.142. The van der Waals surface area contributed by atoms with Gasteiger partial charge in [0.05, 0.1) is 0 Å². The molecule has 1 aromatic carbocycles. The molecule has 0 bridgehead atoms. The Hall–Kier alpha value is -2.09. The summed E-state index contributed by atoms with van der Waals surface area (Å²) >= 11 is 0. The van der Waals surface area contributed by atoms with Crippen LogP contribution in [0.3, 0.4) is 0 Å². The Morgan fingerprint density at radius 3 is 2.55 bits per heavy atom. The minimum absolute atomic E-state index is 0.158. The number of esters is 1. The molecule has 0 heterocycles. The van der Waals surface area contributed by atoms with Gasteiger partial charge >= 0.3 is 5.97 Å². The molecule has 0 spiro atoms. The van der Waals surface area contributed by atoms with Gasteiger partial charge in [0.15, 0.2) is 0 Å². The van der Waals surface area contributed by atoms with E-state index in [1.54, 1.807) is 18.2 Å². The number of rotatable bonds is 9. The molecule has 0 N–H and O–H groups in total. The molecule has 2 nitrogen and oxygen atoms in total. The monoisotopic (exact) mass is 270 g/mol. The number of hydrogen-bond donors (Lipinski definition) is 0. The summed E-state index contributed by atoms with van der Waals surface area (Å²) in [7, 11) is 0. The predicted octanol–water partition coefficient (Wildman–Crippen LogP) is 4.24. The summed E-state index contributed by atoms with van der Waals surface area (Å²) in [4.78, 5) is 11.6. The average molecular weight is 270 g/mol. The van der Waals surface area contributed by atoms with E-state index in [1.165, 1.54) is 5.56 Å². The van der Waals surface area contributed by atoms with Crippen molar-refractivity contribution in [2.45, 2.75) is 25.7 Å². The molecule has 0 aliphatic carbocycles. The van der Waals surface area contributed by atoms with Crippen LogP contribution >= 0.6 is 0 Å². The number of carbonyl (C=O) groups is 1. The van der Waals surface area contributed by atoms with Crippen LogP contribution in [-0.2, 0) is 16.0 Å². The van der Waals surface area contributed by atoms with E-state index in [4.69, 9.17) is 4.74 Å². The van der Waals surface area contributed by atoms with E-state index in [0.29, 0.717) is 6.42 Å². The average Bonchev–Trinajstić information content (AvgIpc) is 2.49. The number of hydrogen-bond acceptors (Lipinski definition) is 2. The number of unbranched alkanes of at least 4 members (excludes halogenated alkanes) is 1. The Kier molecular flexibility index (Phi) is 7.82. The van der Waals surface area contributed by atoms with Crippen molar-refractivity contribution in [1.82, 2.24) is 0 Å². The second kappa shape index (κ2) is 9.79. The van der Waals surface area contributed by atoms with Crippen molar-refractivity contribution < 1.29 is 9.53 Å². The van der Waals surface area contributed by atoms with Crippen LogP contribution in [0.4, 0.5) is 0 Å². The van der Waals surface area contributed by atoms with Crippen LogP contribution in [0.1, 0.15) is 24.8 Å². The third-order valence-electron chi connectivity index (χ3n) is 2.93. The van der Waals surface area contributed by atoms with Crippen LogP contribution in [0.2, 0.25) is 0 Å². The van der Waals surface area contributed by atoms with E-state index < -0.39 is 0 Å². The largest absolute Gasteiger partial charge is 0.461 e. The molecule has 20 heavy (non-hydrogen) atoms. The molecule has 1 aromatic rings. The van der Waals surface area contributed by atoms with Crippen molar-refractivity contribution in [2.75, 3.05) is 6.61 Å². The van der Waals surface area contributed by atoms with Gasteiger partial charge in [0.25, 0.3) is 0 Å². The molecular formula is C18H22O2. The standard InChI is InChI=1S/C18H22O2/c1-3-10-16(4-2)15-20-18(19)14-9-8-13-17-11-6-5-7-12-17/h3-7,10-12H,1-2,8-9,13-15H2/b16-10+. The summed E-state index contributed by atoms with van der Waals surface area (Å²) in [5.41, 5.74) is 2.17. The van der Waals surface area contributed by atoms with Crippen molar-refractivity contribution in [2.24, 2.45) is 0 Å². The molecule has 0 atom stereocenters. The van der Waals surface area contributed by atoms with Crippen molar-refractivity contribution in [3.63, 3.8) is 0 Å². The summed E-state index contributed by atoms with van der Waals surface area (Å²) < 4.78 is 5.17. The van der Waals surface area contributed by atoms with Gasteiger partial charge in [-0.3, -0.25) is 4.79 Å². The van der Waals surface area contributed by atoms with Crippen LogP contribution in [0.25, 0.3) is 0 Å². The maximum atomic E-state index is 11.6. The van der Waals surface area contributed by atoms with E-state index in [2.05, 4.69) is 25.3 Å². The summed E-state index contributed by atoms with van der Waals surface area (Å²) in [5.74, 6) is -0.158. The molecule has 106 valence electrons. The zero-order valence-electron chi connectivity index (χ0n) is 11.9. The summed E-state index contributed by atoms with van der Waals surface area (Å²) in [6.45, 7) is 7.53. The van der Waals surface area contributed by atoms with Crippen molar-refractivity contribution >= 4 is 5.97 Å². The van der Waals surface area contributed by atoms with Gasteiger partial charge in [-0.2, -0.15) is 0 Å². The minimum atomic E-state index is -0.158. The number of benzene rings is 1. The first-order valence-corrected chi connectivity index (χ1v) is 6.90. The highest BCUT2D eigenvalue weighted by molar-refractivity contribution is 5.69. The molecule has 0 aromatic heterocycles. The molecule has 2 heteroatoms. The van der Waals surface area contributed by atoms with E-state index in [9.17, 15) is 4.79 Å². The Balaban J connectivity index is 2.16. The first kappa shape index (κ1) is 16.0. The van der Waals surface area contributed by atoms with E-state index in [0.717, 1.165) is 24.8 Å². The molecule has 0 aliphatic rings. The van der Waals surface area contributed by atoms with Crippen LogP contribution in [0.15, 0.2) is 67.3 Å². The van der Waals surface area contributed by atoms with Crippen molar-refractivity contribution in [3.05, 3.63) is 72.9 Å². The Labute approximate surface area is 121 Å².